The molecule has 0 radical (unpaired) electrons. The summed E-state index contributed by atoms with van der Waals surface area (Å²) in [5, 5.41) is 10.9. The Labute approximate surface area is 131 Å². The average molecular weight is 318 g/mol. The van der Waals surface area contributed by atoms with Gasteiger partial charge in [-0.1, -0.05) is 18.2 Å². The van der Waals surface area contributed by atoms with Gasteiger partial charge in [0.2, 0.25) is 5.91 Å². The van der Waals surface area contributed by atoms with Crippen LogP contribution in [0.4, 0.5) is 14.5 Å². The van der Waals surface area contributed by atoms with Gasteiger partial charge >= 0.3 is 0 Å². The summed E-state index contributed by atoms with van der Waals surface area (Å²) in [6.07, 6.45) is 0. The van der Waals surface area contributed by atoms with Crippen LogP contribution in [0.3, 0.4) is 0 Å². The van der Waals surface area contributed by atoms with Gasteiger partial charge in [0.05, 0.1) is 17.4 Å². The van der Waals surface area contributed by atoms with Crippen molar-refractivity contribution in [2.45, 2.75) is 5.75 Å². The van der Waals surface area contributed by atoms with Crippen LogP contribution in [0.2, 0.25) is 0 Å². The molecule has 0 spiro atoms. The second-order valence-electron chi connectivity index (χ2n) is 4.45. The largest absolute Gasteiger partial charge is 0.320 e. The summed E-state index contributed by atoms with van der Waals surface area (Å²) in [6.45, 7) is 0. The Bertz CT molecular complexity index is 691. The highest BCUT2D eigenvalue weighted by Gasteiger charge is 2.11. The van der Waals surface area contributed by atoms with Crippen molar-refractivity contribution < 1.29 is 13.6 Å². The minimum atomic E-state index is -0.801. The molecule has 2 rings (SSSR count). The number of rotatable bonds is 5. The molecule has 22 heavy (non-hydrogen) atoms. The van der Waals surface area contributed by atoms with Gasteiger partial charge in [-0.05, 0) is 29.8 Å². The number of carbonyl (C=O) groups is 1. The molecule has 3 nitrogen and oxygen atoms in total. The predicted molar refractivity (Wildman–Crippen MR) is 82.3 cm³/mol. The first-order valence-electron chi connectivity index (χ1n) is 6.41. The van der Waals surface area contributed by atoms with E-state index in [9.17, 15) is 13.6 Å². The van der Waals surface area contributed by atoms with Crippen LogP contribution >= 0.6 is 11.8 Å². The Morgan fingerprint density at radius 3 is 2.36 bits per heavy atom. The van der Waals surface area contributed by atoms with Gasteiger partial charge < -0.3 is 5.32 Å². The fraction of sp³-hybridized carbons (Fsp3) is 0.125. The number of hydrogen-bond donors (Lipinski definition) is 1. The molecule has 0 aromatic heterocycles. The molecule has 0 atom stereocenters. The molecule has 2 aromatic carbocycles. The summed E-state index contributed by atoms with van der Waals surface area (Å²) in [5.74, 6) is -1.43. The molecule has 112 valence electrons. The quantitative estimate of drug-likeness (QED) is 0.914. The zero-order valence-corrected chi connectivity index (χ0v) is 12.3. The van der Waals surface area contributed by atoms with E-state index < -0.39 is 23.2 Å². The van der Waals surface area contributed by atoms with Crippen LogP contribution in [-0.2, 0) is 10.5 Å². The van der Waals surface area contributed by atoms with Crippen molar-refractivity contribution in [3.05, 3.63) is 65.2 Å². The molecule has 1 amide bonds. The second kappa shape index (κ2) is 7.57. The number of thioether (sulfide) groups is 1. The highest BCUT2D eigenvalue weighted by Crippen LogP contribution is 2.19. The van der Waals surface area contributed by atoms with E-state index in [2.05, 4.69) is 5.32 Å². The van der Waals surface area contributed by atoms with Crippen LogP contribution in [0.5, 0.6) is 0 Å². The van der Waals surface area contributed by atoms with Gasteiger partial charge in [-0.25, -0.2) is 8.78 Å². The highest BCUT2D eigenvalue weighted by atomic mass is 32.2. The lowest BCUT2D eigenvalue weighted by Gasteiger charge is -2.07. The molecule has 0 fully saturated rings. The summed E-state index contributed by atoms with van der Waals surface area (Å²) in [5.41, 5.74) is 1.11. The van der Waals surface area contributed by atoms with Gasteiger partial charge in [0.25, 0.3) is 0 Å². The summed E-state index contributed by atoms with van der Waals surface area (Å²) >= 11 is 1.32. The van der Waals surface area contributed by atoms with E-state index in [1.807, 2.05) is 6.07 Å². The van der Waals surface area contributed by atoms with Crippen molar-refractivity contribution in [2.24, 2.45) is 0 Å². The highest BCUT2D eigenvalue weighted by molar-refractivity contribution is 7.99. The maximum atomic E-state index is 13.4. The van der Waals surface area contributed by atoms with E-state index in [1.165, 1.54) is 17.8 Å². The summed E-state index contributed by atoms with van der Waals surface area (Å²) < 4.78 is 26.8. The monoisotopic (exact) mass is 318 g/mol. The lowest BCUT2D eigenvalue weighted by molar-refractivity contribution is -0.113. The third-order valence-corrected chi connectivity index (χ3v) is 3.82. The molecule has 0 saturated carbocycles. The van der Waals surface area contributed by atoms with Crippen LogP contribution in [0.25, 0.3) is 0 Å². The molecule has 0 saturated heterocycles. The molecule has 0 bridgehead atoms. The van der Waals surface area contributed by atoms with E-state index in [-0.39, 0.29) is 5.75 Å². The molecule has 0 aliphatic carbocycles. The molecule has 1 N–H and O–H groups in total. The SMILES string of the molecule is N#Cc1ccc(CSCC(=O)Nc2c(F)cccc2F)cc1. The van der Waals surface area contributed by atoms with Gasteiger partial charge in [0.15, 0.2) is 0 Å². The first-order chi connectivity index (χ1) is 10.6. The van der Waals surface area contributed by atoms with Crippen LogP contribution in [-0.4, -0.2) is 11.7 Å². The normalized spacial score (nSPS) is 10.0. The van der Waals surface area contributed by atoms with E-state index in [4.69, 9.17) is 5.26 Å². The van der Waals surface area contributed by atoms with Crippen molar-refractivity contribution in [3.63, 3.8) is 0 Å². The van der Waals surface area contributed by atoms with Crippen LogP contribution in [0, 0.1) is 23.0 Å². The number of hydrogen-bond acceptors (Lipinski definition) is 3. The van der Waals surface area contributed by atoms with Crippen molar-refractivity contribution in [3.8, 4) is 6.07 Å². The number of amides is 1. The first-order valence-corrected chi connectivity index (χ1v) is 7.56. The number of benzene rings is 2. The number of carbonyl (C=O) groups excluding carboxylic acids is 1. The number of nitrogens with zero attached hydrogens (tertiary/aromatic N) is 1. The predicted octanol–water partition coefficient (Wildman–Crippen LogP) is 3.71. The van der Waals surface area contributed by atoms with Gasteiger partial charge in [-0.15, -0.1) is 11.8 Å². The number of anilines is 1. The lowest BCUT2D eigenvalue weighted by Crippen LogP contribution is -2.16. The van der Waals surface area contributed by atoms with Crippen LogP contribution in [0.1, 0.15) is 11.1 Å². The minimum Gasteiger partial charge on any atom is -0.320 e. The molecule has 0 aliphatic heterocycles. The molecule has 0 unspecified atom stereocenters. The Hall–Kier alpha value is -2.39. The Morgan fingerprint density at radius 2 is 1.77 bits per heavy atom. The maximum absolute atomic E-state index is 13.4. The van der Waals surface area contributed by atoms with Crippen LogP contribution < -0.4 is 5.32 Å². The molecular weight excluding hydrogens is 306 g/mol. The molecular formula is C16H12F2N2OS. The average Bonchev–Trinajstić information content (AvgIpc) is 2.52. The third-order valence-electron chi connectivity index (χ3n) is 2.81. The van der Waals surface area contributed by atoms with Crippen molar-refractivity contribution >= 4 is 23.4 Å². The van der Waals surface area contributed by atoms with E-state index in [1.54, 1.807) is 24.3 Å². The second-order valence-corrected chi connectivity index (χ2v) is 5.43. The smallest absolute Gasteiger partial charge is 0.234 e. The molecule has 0 heterocycles. The summed E-state index contributed by atoms with van der Waals surface area (Å²) in [6, 6.07) is 12.4. The minimum absolute atomic E-state index is 0.0772. The fourth-order valence-electron chi connectivity index (χ4n) is 1.73. The zero-order valence-electron chi connectivity index (χ0n) is 11.5. The zero-order chi connectivity index (χ0) is 15.9. The van der Waals surface area contributed by atoms with E-state index in [0.717, 1.165) is 17.7 Å². The molecule has 0 aliphatic rings. The number of halogens is 2. The van der Waals surface area contributed by atoms with Gasteiger partial charge in [-0.2, -0.15) is 5.26 Å². The summed E-state index contributed by atoms with van der Waals surface area (Å²) in [7, 11) is 0. The van der Waals surface area contributed by atoms with Crippen molar-refractivity contribution in [2.75, 3.05) is 11.1 Å². The van der Waals surface area contributed by atoms with Gasteiger partial charge in [0.1, 0.15) is 17.3 Å². The Morgan fingerprint density at radius 1 is 1.14 bits per heavy atom. The van der Waals surface area contributed by atoms with Crippen LogP contribution in [0.15, 0.2) is 42.5 Å². The summed E-state index contributed by atoms with van der Waals surface area (Å²) in [4.78, 5) is 11.7. The topological polar surface area (TPSA) is 52.9 Å². The lowest BCUT2D eigenvalue weighted by atomic mass is 10.2. The van der Waals surface area contributed by atoms with Crippen molar-refractivity contribution in [1.29, 1.82) is 5.26 Å². The van der Waals surface area contributed by atoms with Gasteiger partial charge in [0, 0.05) is 5.75 Å². The standard InChI is InChI=1S/C16H12F2N2OS/c17-13-2-1-3-14(18)16(13)20-15(21)10-22-9-12-6-4-11(8-19)5-7-12/h1-7H,9-10H2,(H,20,21). The number of para-hydroxylation sites is 1. The Kier molecular flexibility index (Phi) is 5.50. The van der Waals surface area contributed by atoms with E-state index >= 15 is 0 Å². The first kappa shape index (κ1) is 16.0. The number of nitrogens with one attached hydrogen (secondary N) is 1. The van der Waals surface area contributed by atoms with E-state index in [0.29, 0.717) is 11.3 Å². The number of nitriles is 1. The third kappa shape index (κ3) is 4.30. The molecule has 6 heteroatoms. The maximum Gasteiger partial charge on any atom is 0.234 e. The molecule has 2 aromatic rings. The van der Waals surface area contributed by atoms with Gasteiger partial charge in [-0.3, -0.25) is 4.79 Å². The fourth-order valence-corrected chi connectivity index (χ4v) is 2.52. The van der Waals surface area contributed by atoms with Crippen molar-refractivity contribution in [1.82, 2.24) is 0 Å². The Balaban J connectivity index is 1.84.